The highest BCUT2D eigenvalue weighted by Crippen LogP contribution is 2.42. The fourth-order valence-corrected chi connectivity index (χ4v) is 2.76. The quantitative estimate of drug-likeness (QED) is 0.707. The summed E-state index contributed by atoms with van der Waals surface area (Å²) < 4.78 is 51.1. The normalized spacial score (nSPS) is 11.6. The summed E-state index contributed by atoms with van der Waals surface area (Å²) in [4.78, 5) is 11.2. The molecule has 0 fully saturated rings. The van der Waals surface area contributed by atoms with Crippen LogP contribution in [0.2, 0.25) is 5.02 Å². The molecule has 0 atom stereocenters. The van der Waals surface area contributed by atoms with Gasteiger partial charge in [-0.2, -0.15) is 13.2 Å². The van der Waals surface area contributed by atoms with Crippen molar-refractivity contribution in [2.75, 3.05) is 7.11 Å². The SMILES string of the molecule is COc1nn(C)c(-c2cc(-c3ccc(Cl)c(C(=O)O)c3)on2)c1C(F)(F)F. The summed E-state index contributed by atoms with van der Waals surface area (Å²) in [5.74, 6) is -1.78. The number of ether oxygens (including phenoxy) is 1. The van der Waals surface area contributed by atoms with E-state index >= 15 is 0 Å². The first-order valence-corrected chi connectivity index (χ1v) is 7.69. The van der Waals surface area contributed by atoms with E-state index in [2.05, 4.69) is 10.3 Å². The highest BCUT2D eigenvalue weighted by atomic mass is 35.5. The van der Waals surface area contributed by atoms with Gasteiger partial charge in [0.2, 0.25) is 5.88 Å². The van der Waals surface area contributed by atoms with Crippen LogP contribution in [0.5, 0.6) is 5.88 Å². The summed E-state index contributed by atoms with van der Waals surface area (Å²) >= 11 is 5.81. The Labute approximate surface area is 154 Å². The molecule has 0 saturated carbocycles. The van der Waals surface area contributed by atoms with E-state index in [4.69, 9.17) is 26.0 Å². The minimum Gasteiger partial charge on any atom is -0.479 e. The van der Waals surface area contributed by atoms with E-state index in [1.165, 1.54) is 31.3 Å². The zero-order valence-electron chi connectivity index (χ0n) is 13.8. The number of carboxylic acids is 1. The lowest BCUT2D eigenvalue weighted by atomic mass is 10.1. The Bertz CT molecular complexity index is 1030. The van der Waals surface area contributed by atoms with Crippen molar-refractivity contribution in [1.29, 1.82) is 0 Å². The van der Waals surface area contributed by atoms with Crippen LogP contribution in [0.25, 0.3) is 22.7 Å². The number of carboxylic acid groups (broad SMARTS) is 1. The summed E-state index contributed by atoms with van der Waals surface area (Å²) in [5.41, 5.74) is -1.46. The minimum atomic E-state index is -4.73. The van der Waals surface area contributed by atoms with Crippen LogP contribution >= 0.6 is 11.6 Å². The molecule has 0 unspecified atom stereocenters. The second-order valence-electron chi connectivity index (χ2n) is 5.43. The van der Waals surface area contributed by atoms with Gasteiger partial charge in [-0.15, -0.1) is 5.10 Å². The molecule has 1 N–H and O–H groups in total. The van der Waals surface area contributed by atoms with Gasteiger partial charge in [-0.25, -0.2) is 4.79 Å². The average molecular weight is 402 g/mol. The maximum absolute atomic E-state index is 13.4. The van der Waals surface area contributed by atoms with Crippen molar-refractivity contribution >= 4 is 17.6 Å². The van der Waals surface area contributed by atoms with Gasteiger partial charge in [0.15, 0.2) is 5.76 Å². The monoisotopic (exact) mass is 401 g/mol. The molecule has 142 valence electrons. The Hall–Kier alpha value is -3.01. The lowest BCUT2D eigenvalue weighted by Crippen LogP contribution is -2.08. The molecule has 7 nitrogen and oxygen atoms in total. The second-order valence-corrected chi connectivity index (χ2v) is 5.84. The maximum atomic E-state index is 13.4. The van der Waals surface area contributed by atoms with Crippen molar-refractivity contribution in [3.05, 3.63) is 40.4 Å². The number of benzene rings is 1. The number of rotatable bonds is 4. The van der Waals surface area contributed by atoms with Gasteiger partial charge in [-0.3, -0.25) is 4.68 Å². The number of hydrogen-bond acceptors (Lipinski definition) is 5. The molecule has 2 heterocycles. The Morgan fingerprint density at radius 2 is 2.04 bits per heavy atom. The fraction of sp³-hybridized carbons (Fsp3) is 0.188. The first-order chi connectivity index (χ1) is 12.6. The lowest BCUT2D eigenvalue weighted by Gasteiger charge is -2.07. The average Bonchev–Trinajstić information content (AvgIpc) is 3.18. The molecule has 0 radical (unpaired) electrons. The smallest absolute Gasteiger partial charge is 0.423 e. The third-order valence-corrected chi connectivity index (χ3v) is 4.06. The fourth-order valence-electron chi connectivity index (χ4n) is 2.56. The molecule has 1 aromatic carbocycles. The number of carbonyl (C=O) groups is 1. The molecular weight excluding hydrogens is 391 g/mol. The summed E-state index contributed by atoms with van der Waals surface area (Å²) in [6.45, 7) is 0. The van der Waals surface area contributed by atoms with Crippen molar-refractivity contribution in [2.45, 2.75) is 6.18 Å². The number of aromatic nitrogens is 3. The zero-order valence-corrected chi connectivity index (χ0v) is 14.6. The topological polar surface area (TPSA) is 90.4 Å². The van der Waals surface area contributed by atoms with Crippen LogP contribution < -0.4 is 4.74 Å². The number of methoxy groups -OCH3 is 1. The van der Waals surface area contributed by atoms with Crippen LogP contribution in [0, 0.1) is 0 Å². The van der Waals surface area contributed by atoms with Crippen LogP contribution in [0.4, 0.5) is 13.2 Å². The van der Waals surface area contributed by atoms with E-state index in [1.54, 1.807) is 0 Å². The first kappa shape index (κ1) is 18.8. The maximum Gasteiger partial charge on any atom is 0.423 e. The molecule has 2 aromatic heterocycles. The van der Waals surface area contributed by atoms with Crippen LogP contribution in [0.3, 0.4) is 0 Å². The van der Waals surface area contributed by atoms with E-state index in [1.807, 2.05) is 0 Å². The van der Waals surface area contributed by atoms with Gasteiger partial charge < -0.3 is 14.4 Å². The first-order valence-electron chi connectivity index (χ1n) is 7.32. The highest BCUT2D eigenvalue weighted by molar-refractivity contribution is 6.33. The molecule has 3 rings (SSSR count). The summed E-state index contributed by atoms with van der Waals surface area (Å²) in [6, 6.07) is 5.30. The Morgan fingerprint density at radius 3 is 2.63 bits per heavy atom. The zero-order chi connectivity index (χ0) is 19.9. The van der Waals surface area contributed by atoms with E-state index in [0.29, 0.717) is 5.56 Å². The number of alkyl halides is 3. The van der Waals surface area contributed by atoms with E-state index in [9.17, 15) is 18.0 Å². The predicted octanol–water partition coefficient (Wildman–Crippen LogP) is 4.12. The molecular formula is C16H11ClF3N3O4. The molecule has 27 heavy (non-hydrogen) atoms. The van der Waals surface area contributed by atoms with Gasteiger partial charge >= 0.3 is 12.1 Å². The van der Waals surface area contributed by atoms with Gasteiger partial charge in [0.05, 0.1) is 17.7 Å². The highest BCUT2D eigenvalue weighted by Gasteiger charge is 2.42. The minimum absolute atomic E-state index is 0.0155. The molecule has 0 amide bonds. The van der Waals surface area contributed by atoms with E-state index in [0.717, 1.165) is 11.8 Å². The molecule has 0 spiro atoms. The summed E-state index contributed by atoms with van der Waals surface area (Å²) in [6.07, 6.45) is -4.73. The van der Waals surface area contributed by atoms with Crippen molar-refractivity contribution in [2.24, 2.45) is 7.05 Å². The van der Waals surface area contributed by atoms with Gasteiger partial charge in [0.25, 0.3) is 0 Å². The van der Waals surface area contributed by atoms with Crippen LogP contribution in [0.1, 0.15) is 15.9 Å². The molecule has 0 bridgehead atoms. The number of aromatic carboxylic acids is 1. The van der Waals surface area contributed by atoms with Crippen molar-refractivity contribution in [3.63, 3.8) is 0 Å². The lowest BCUT2D eigenvalue weighted by molar-refractivity contribution is -0.138. The van der Waals surface area contributed by atoms with Gasteiger partial charge in [0, 0.05) is 18.7 Å². The number of halogens is 4. The van der Waals surface area contributed by atoms with E-state index in [-0.39, 0.29) is 27.7 Å². The third kappa shape index (κ3) is 3.35. The second kappa shape index (κ2) is 6.62. The van der Waals surface area contributed by atoms with Gasteiger partial charge in [-0.1, -0.05) is 16.8 Å². The van der Waals surface area contributed by atoms with Crippen LogP contribution in [-0.4, -0.2) is 33.1 Å². The van der Waals surface area contributed by atoms with Crippen molar-refractivity contribution < 1.29 is 32.3 Å². The molecule has 0 aliphatic heterocycles. The van der Waals surface area contributed by atoms with Gasteiger partial charge in [0.1, 0.15) is 17.0 Å². The van der Waals surface area contributed by atoms with Crippen LogP contribution in [0.15, 0.2) is 28.8 Å². The number of nitrogens with zero attached hydrogens (tertiary/aromatic N) is 3. The third-order valence-electron chi connectivity index (χ3n) is 3.73. The van der Waals surface area contributed by atoms with Crippen molar-refractivity contribution in [1.82, 2.24) is 14.9 Å². The molecule has 0 aliphatic rings. The van der Waals surface area contributed by atoms with Crippen LogP contribution in [-0.2, 0) is 13.2 Å². The molecule has 3 aromatic rings. The largest absolute Gasteiger partial charge is 0.479 e. The number of aryl methyl sites for hydroxylation is 1. The summed E-state index contributed by atoms with van der Waals surface area (Å²) in [5, 5.41) is 16.5. The predicted molar refractivity (Wildman–Crippen MR) is 87.7 cm³/mol. The molecule has 0 saturated heterocycles. The Morgan fingerprint density at radius 1 is 1.33 bits per heavy atom. The van der Waals surface area contributed by atoms with Crippen molar-refractivity contribution in [3.8, 4) is 28.6 Å². The Balaban J connectivity index is 2.12. The molecule has 0 aliphatic carbocycles. The standard InChI is InChI=1S/C16H11ClF3N3O4/c1-23-13(12(16(18,19)20)14(21-23)26-2)10-6-11(27-22-10)7-3-4-9(17)8(5-7)15(24)25/h3-6H,1-2H3,(H,24,25). The van der Waals surface area contributed by atoms with Gasteiger partial charge in [-0.05, 0) is 18.2 Å². The van der Waals surface area contributed by atoms with E-state index < -0.39 is 23.6 Å². The number of hydrogen-bond donors (Lipinski definition) is 1. The Kier molecular flexibility index (Phi) is 4.60. The molecule has 11 heteroatoms. The summed E-state index contributed by atoms with van der Waals surface area (Å²) in [7, 11) is 2.39.